The van der Waals surface area contributed by atoms with Crippen LogP contribution in [0.25, 0.3) is 0 Å². The Hall–Kier alpha value is -2.84. The summed E-state index contributed by atoms with van der Waals surface area (Å²) in [6.45, 7) is 4.61. The lowest BCUT2D eigenvalue weighted by atomic mass is 9.86. The number of carbonyl (C=O) groups is 2. The average Bonchev–Trinajstić information content (AvgIpc) is 2.56. The van der Waals surface area contributed by atoms with Crippen molar-refractivity contribution in [2.75, 3.05) is 13.1 Å². The first-order chi connectivity index (χ1) is 12.3. The van der Waals surface area contributed by atoms with Gasteiger partial charge in [0.1, 0.15) is 11.9 Å². The van der Waals surface area contributed by atoms with E-state index in [1.54, 1.807) is 0 Å². The van der Waals surface area contributed by atoms with Crippen LogP contribution in [0.1, 0.15) is 26.7 Å². The Kier molecular flexibility index (Phi) is 6.37. The van der Waals surface area contributed by atoms with E-state index >= 15 is 0 Å². The molecule has 2 rings (SSSR count). The summed E-state index contributed by atoms with van der Waals surface area (Å²) in [5.41, 5.74) is -0.118. The van der Waals surface area contributed by atoms with Gasteiger partial charge in [0.15, 0.2) is 0 Å². The van der Waals surface area contributed by atoms with Crippen LogP contribution in [0.2, 0.25) is 0 Å². The predicted molar refractivity (Wildman–Crippen MR) is 91.2 cm³/mol. The number of rotatable bonds is 5. The van der Waals surface area contributed by atoms with Crippen molar-refractivity contribution in [2.24, 2.45) is 11.8 Å². The van der Waals surface area contributed by atoms with Crippen LogP contribution in [0.4, 0.5) is 15.3 Å². The molecule has 26 heavy (non-hydrogen) atoms. The van der Waals surface area contributed by atoms with Crippen LogP contribution in [0.15, 0.2) is 24.3 Å². The third kappa shape index (κ3) is 5.33. The zero-order chi connectivity index (χ0) is 19.3. The summed E-state index contributed by atoms with van der Waals surface area (Å²) < 4.78 is 10.4. The lowest BCUT2D eigenvalue weighted by Crippen LogP contribution is -2.48. The van der Waals surface area contributed by atoms with Crippen molar-refractivity contribution in [3.05, 3.63) is 34.4 Å². The molecule has 1 aromatic rings. The summed E-state index contributed by atoms with van der Waals surface area (Å²) in [4.78, 5) is 34.6. The number of likely N-dealkylation sites (tertiary alicyclic amines) is 1. The summed E-state index contributed by atoms with van der Waals surface area (Å²) in [7, 11) is 0. The number of carboxylic acid groups (broad SMARTS) is 1. The first kappa shape index (κ1) is 19.5. The van der Waals surface area contributed by atoms with Crippen LogP contribution < -0.4 is 4.74 Å². The molecular formula is C17H22N2O7. The second-order valence-corrected chi connectivity index (χ2v) is 6.67. The van der Waals surface area contributed by atoms with Gasteiger partial charge in [0.2, 0.25) is 0 Å². The van der Waals surface area contributed by atoms with E-state index in [0.717, 1.165) is 6.42 Å². The number of nitro groups is 1. The van der Waals surface area contributed by atoms with Crippen LogP contribution in [-0.2, 0) is 4.74 Å². The Morgan fingerprint density at radius 3 is 2.54 bits per heavy atom. The fourth-order valence-corrected chi connectivity index (χ4v) is 3.03. The van der Waals surface area contributed by atoms with Crippen molar-refractivity contribution in [1.29, 1.82) is 0 Å². The lowest BCUT2D eigenvalue weighted by molar-refractivity contribution is -0.384. The second kappa shape index (κ2) is 8.50. The molecule has 1 heterocycles. The molecule has 0 saturated carbocycles. The third-order valence-electron chi connectivity index (χ3n) is 4.24. The van der Waals surface area contributed by atoms with Gasteiger partial charge in [-0.2, -0.15) is 0 Å². The number of nitro benzene ring substituents is 1. The van der Waals surface area contributed by atoms with E-state index in [9.17, 15) is 19.7 Å². The highest BCUT2D eigenvalue weighted by atomic mass is 16.7. The van der Waals surface area contributed by atoms with Crippen LogP contribution in [0, 0.1) is 22.0 Å². The van der Waals surface area contributed by atoms with Crippen molar-refractivity contribution in [1.82, 2.24) is 4.90 Å². The Morgan fingerprint density at radius 2 is 2.00 bits per heavy atom. The molecule has 0 aromatic heterocycles. The molecule has 9 heteroatoms. The van der Waals surface area contributed by atoms with Gasteiger partial charge in [-0.15, -0.1) is 0 Å². The highest BCUT2D eigenvalue weighted by Gasteiger charge is 2.34. The van der Waals surface area contributed by atoms with Crippen LogP contribution in [0.5, 0.6) is 5.75 Å². The Labute approximate surface area is 150 Å². The van der Waals surface area contributed by atoms with Gasteiger partial charge < -0.3 is 19.5 Å². The molecule has 0 spiro atoms. The Bertz CT molecular complexity index is 660. The third-order valence-corrected chi connectivity index (χ3v) is 4.24. The summed E-state index contributed by atoms with van der Waals surface area (Å²) >= 11 is 0. The average molecular weight is 366 g/mol. The van der Waals surface area contributed by atoms with E-state index in [2.05, 4.69) is 13.8 Å². The van der Waals surface area contributed by atoms with Crippen molar-refractivity contribution < 1.29 is 29.1 Å². The summed E-state index contributed by atoms with van der Waals surface area (Å²) in [5, 5.41) is 19.8. The molecular weight excluding hydrogens is 344 g/mol. The Morgan fingerprint density at radius 1 is 1.35 bits per heavy atom. The van der Waals surface area contributed by atoms with Gasteiger partial charge in [0.25, 0.3) is 5.69 Å². The van der Waals surface area contributed by atoms with Gasteiger partial charge in [-0.25, -0.2) is 9.59 Å². The molecule has 1 amide bonds. The first-order valence-corrected chi connectivity index (χ1v) is 8.37. The normalized spacial score (nSPS) is 19.9. The number of amides is 1. The minimum absolute atomic E-state index is 0.0509. The quantitative estimate of drug-likeness (QED) is 0.366. The predicted octanol–water partition coefficient (Wildman–Crippen LogP) is 3.52. The largest absolute Gasteiger partial charge is 0.514 e. The highest BCUT2D eigenvalue weighted by molar-refractivity contribution is 5.66. The fourth-order valence-electron chi connectivity index (χ4n) is 3.03. The highest BCUT2D eigenvalue weighted by Crippen LogP contribution is 2.27. The van der Waals surface area contributed by atoms with Gasteiger partial charge in [-0.05, 0) is 36.8 Å². The zero-order valence-electron chi connectivity index (χ0n) is 14.7. The maximum Gasteiger partial charge on any atom is 0.514 e. The maximum absolute atomic E-state index is 12.1. The molecule has 1 aromatic carbocycles. The molecule has 9 nitrogen and oxygen atoms in total. The van der Waals surface area contributed by atoms with Crippen LogP contribution in [0.3, 0.4) is 0 Å². The van der Waals surface area contributed by atoms with Gasteiger partial charge in [0, 0.05) is 18.7 Å². The molecule has 0 bridgehead atoms. The van der Waals surface area contributed by atoms with E-state index in [0.29, 0.717) is 18.9 Å². The number of ether oxygens (including phenoxy) is 2. The minimum Gasteiger partial charge on any atom is -0.465 e. The molecule has 1 N–H and O–H groups in total. The van der Waals surface area contributed by atoms with E-state index in [1.165, 1.54) is 29.2 Å². The molecule has 1 aliphatic rings. The van der Waals surface area contributed by atoms with Crippen molar-refractivity contribution in [3.8, 4) is 5.75 Å². The lowest BCUT2D eigenvalue weighted by Gasteiger charge is -2.37. The monoisotopic (exact) mass is 366 g/mol. The van der Waals surface area contributed by atoms with E-state index in [4.69, 9.17) is 14.6 Å². The topological polar surface area (TPSA) is 119 Å². The second-order valence-electron chi connectivity index (χ2n) is 6.67. The fraction of sp³-hybridized carbons (Fsp3) is 0.529. The maximum atomic E-state index is 12.1. The summed E-state index contributed by atoms with van der Waals surface area (Å²) in [5.74, 6) is 0.551. The standard InChI is InChI=1S/C17H22N2O7/c1-11(2)9-12-7-8-18(16(20)21)10-15(12)26-17(22)25-14-5-3-13(4-6-14)19(23)24/h3-6,11-12,15H,7-10H2,1-2H3,(H,20,21). The summed E-state index contributed by atoms with van der Waals surface area (Å²) in [6.07, 6.45) is -1.17. The van der Waals surface area contributed by atoms with E-state index < -0.39 is 23.3 Å². The van der Waals surface area contributed by atoms with Crippen molar-refractivity contribution in [3.63, 3.8) is 0 Å². The number of nitrogens with zero attached hydrogens (tertiary/aromatic N) is 2. The number of hydrogen-bond acceptors (Lipinski definition) is 6. The molecule has 2 unspecified atom stereocenters. The van der Waals surface area contributed by atoms with E-state index in [1.807, 2.05) is 0 Å². The van der Waals surface area contributed by atoms with Crippen molar-refractivity contribution >= 4 is 17.9 Å². The minimum atomic E-state index is -1.05. The number of non-ortho nitro benzene ring substituents is 1. The van der Waals surface area contributed by atoms with Gasteiger partial charge in [-0.3, -0.25) is 10.1 Å². The SMILES string of the molecule is CC(C)CC1CCN(C(=O)O)CC1OC(=O)Oc1ccc([N+](=O)[O-])cc1. The molecule has 1 aliphatic heterocycles. The number of benzene rings is 1. The van der Waals surface area contributed by atoms with Gasteiger partial charge in [-0.1, -0.05) is 13.8 Å². The number of carbonyl (C=O) groups excluding carboxylic acids is 1. The van der Waals surface area contributed by atoms with E-state index in [-0.39, 0.29) is 23.9 Å². The zero-order valence-corrected chi connectivity index (χ0v) is 14.7. The molecule has 142 valence electrons. The van der Waals surface area contributed by atoms with Crippen LogP contribution >= 0.6 is 0 Å². The van der Waals surface area contributed by atoms with Gasteiger partial charge in [0.05, 0.1) is 11.5 Å². The molecule has 0 radical (unpaired) electrons. The number of piperidine rings is 1. The first-order valence-electron chi connectivity index (χ1n) is 8.37. The smallest absolute Gasteiger partial charge is 0.465 e. The molecule has 0 aliphatic carbocycles. The van der Waals surface area contributed by atoms with Gasteiger partial charge >= 0.3 is 12.2 Å². The molecule has 1 fully saturated rings. The molecule has 2 atom stereocenters. The summed E-state index contributed by atoms with van der Waals surface area (Å²) in [6, 6.07) is 5.04. The van der Waals surface area contributed by atoms with Crippen molar-refractivity contribution in [2.45, 2.75) is 32.8 Å². The number of hydrogen-bond donors (Lipinski definition) is 1. The molecule has 1 saturated heterocycles. The van der Waals surface area contributed by atoms with Crippen LogP contribution in [-0.4, -0.2) is 46.4 Å². The Balaban J connectivity index is 2.00.